The summed E-state index contributed by atoms with van der Waals surface area (Å²) >= 11 is 0. The topological polar surface area (TPSA) is 0 Å². The number of allylic oxidation sites excluding steroid dienone is 4. The van der Waals surface area contributed by atoms with Gasteiger partial charge in [-0.15, -0.1) is 0 Å². The first-order chi connectivity index (χ1) is 9.50. The van der Waals surface area contributed by atoms with Crippen molar-refractivity contribution in [1.82, 2.24) is 0 Å². The van der Waals surface area contributed by atoms with Gasteiger partial charge in [-0.05, 0) is 73.3 Å². The molecule has 0 heterocycles. The molecule has 4 unspecified atom stereocenters. The molecule has 0 aliphatic heterocycles. The fourth-order valence-electron chi connectivity index (χ4n) is 6.86. The number of fused-ring (bicyclic) bond motifs is 4. The Bertz CT molecular complexity index is 500. The SMILES string of the molecule is CC1=C2C(=CCCC(C)C2C)C2(C)CC3(CCCC3)C12. The van der Waals surface area contributed by atoms with Crippen LogP contribution in [0, 0.1) is 28.6 Å². The van der Waals surface area contributed by atoms with Crippen LogP contribution in [0.25, 0.3) is 0 Å². The lowest BCUT2D eigenvalue weighted by atomic mass is 9.44. The molecule has 0 N–H and O–H groups in total. The zero-order valence-electron chi connectivity index (χ0n) is 13.8. The molecule has 0 heteroatoms. The Balaban J connectivity index is 1.81. The second kappa shape index (κ2) is 4.02. The lowest BCUT2D eigenvalue weighted by molar-refractivity contribution is -0.0543. The normalized spacial score (nSPS) is 45.8. The molecule has 0 bridgehead atoms. The van der Waals surface area contributed by atoms with Crippen molar-refractivity contribution >= 4 is 0 Å². The van der Waals surface area contributed by atoms with Crippen LogP contribution in [0.15, 0.2) is 22.8 Å². The van der Waals surface area contributed by atoms with Crippen LogP contribution in [0.3, 0.4) is 0 Å². The lowest BCUT2D eigenvalue weighted by Crippen LogP contribution is -2.52. The van der Waals surface area contributed by atoms with Crippen molar-refractivity contribution in [2.24, 2.45) is 28.6 Å². The minimum absolute atomic E-state index is 0.516. The summed E-state index contributed by atoms with van der Waals surface area (Å²) < 4.78 is 0. The number of rotatable bonds is 0. The summed E-state index contributed by atoms with van der Waals surface area (Å²) in [4.78, 5) is 0. The molecule has 0 nitrogen and oxygen atoms in total. The zero-order valence-corrected chi connectivity index (χ0v) is 13.8. The van der Waals surface area contributed by atoms with Gasteiger partial charge in [0.25, 0.3) is 0 Å². The Labute approximate surface area is 124 Å². The van der Waals surface area contributed by atoms with E-state index in [0.717, 1.165) is 17.8 Å². The van der Waals surface area contributed by atoms with Crippen LogP contribution < -0.4 is 0 Å². The van der Waals surface area contributed by atoms with Crippen molar-refractivity contribution in [1.29, 1.82) is 0 Å². The minimum atomic E-state index is 0.516. The first-order valence-electron chi connectivity index (χ1n) is 8.91. The Hall–Kier alpha value is -0.520. The van der Waals surface area contributed by atoms with Gasteiger partial charge in [0.05, 0.1) is 0 Å². The van der Waals surface area contributed by atoms with Crippen molar-refractivity contribution in [3.05, 3.63) is 22.8 Å². The fraction of sp³-hybridized carbons (Fsp3) is 0.800. The monoisotopic (exact) mass is 270 g/mol. The van der Waals surface area contributed by atoms with Crippen LogP contribution >= 0.6 is 0 Å². The lowest BCUT2D eigenvalue weighted by Gasteiger charge is -2.59. The van der Waals surface area contributed by atoms with Gasteiger partial charge >= 0.3 is 0 Å². The minimum Gasteiger partial charge on any atom is -0.0804 e. The van der Waals surface area contributed by atoms with Crippen molar-refractivity contribution in [3.8, 4) is 0 Å². The fourth-order valence-corrected chi connectivity index (χ4v) is 6.86. The largest absolute Gasteiger partial charge is 0.0804 e. The van der Waals surface area contributed by atoms with Crippen molar-refractivity contribution in [2.45, 2.75) is 72.6 Å². The van der Waals surface area contributed by atoms with Crippen molar-refractivity contribution in [3.63, 3.8) is 0 Å². The van der Waals surface area contributed by atoms with E-state index in [1.54, 1.807) is 16.7 Å². The second-order valence-electron chi connectivity index (χ2n) is 8.65. The first-order valence-corrected chi connectivity index (χ1v) is 8.91. The van der Waals surface area contributed by atoms with Gasteiger partial charge in [-0.1, -0.05) is 45.3 Å². The highest BCUT2D eigenvalue weighted by Crippen LogP contribution is 2.75. The summed E-state index contributed by atoms with van der Waals surface area (Å²) in [5.41, 5.74) is 6.61. The van der Waals surface area contributed by atoms with Gasteiger partial charge in [0.2, 0.25) is 0 Å². The Morgan fingerprint density at radius 3 is 2.55 bits per heavy atom. The molecular weight excluding hydrogens is 240 g/mol. The molecule has 20 heavy (non-hydrogen) atoms. The Kier molecular flexibility index (Phi) is 2.65. The maximum atomic E-state index is 2.64. The maximum Gasteiger partial charge on any atom is 0.0000696 e. The van der Waals surface area contributed by atoms with E-state index in [2.05, 4.69) is 33.8 Å². The number of hydrogen-bond donors (Lipinski definition) is 0. The Morgan fingerprint density at radius 2 is 1.85 bits per heavy atom. The average Bonchev–Trinajstić information content (AvgIpc) is 2.86. The van der Waals surface area contributed by atoms with E-state index >= 15 is 0 Å². The molecular formula is C20H30. The van der Waals surface area contributed by atoms with E-state index in [-0.39, 0.29) is 0 Å². The van der Waals surface area contributed by atoms with Gasteiger partial charge in [0.15, 0.2) is 0 Å². The second-order valence-corrected chi connectivity index (χ2v) is 8.65. The molecule has 4 aliphatic carbocycles. The summed E-state index contributed by atoms with van der Waals surface area (Å²) in [5.74, 6) is 2.53. The van der Waals surface area contributed by atoms with E-state index in [1.807, 2.05) is 0 Å². The quantitative estimate of drug-likeness (QED) is 0.514. The highest BCUT2D eigenvalue weighted by molar-refractivity contribution is 5.54. The predicted octanol–water partition coefficient (Wildman–Crippen LogP) is 5.90. The summed E-state index contributed by atoms with van der Waals surface area (Å²) in [6.07, 6.45) is 12.8. The Morgan fingerprint density at radius 1 is 1.15 bits per heavy atom. The third-order valence-corrected chi connectivity index (χ3v) is 7.61. The maximum absolute atomic E-state index is 2.64. The third kappa shape index (κ3) is 1.39. The van der Waals surface area contributed by atoms with Gasteiger partial charge in [0, 0.05) is 5.41 Å². The molecule has 0 radical (unpaired) electrons. The van der Waals surface area contributed by atoms with E-state index in [0.29, 0.717) is 10.8 Å². The summed E-state index contributed by atoms with van der Waals surface area (Å²) in [6.45, 7) is 10.0. The molecule has 0 aromatic carbocycles. The molecule has 0 amide bonds. The molecule has 1 spiro atoms. The molecule has 110 valence electrons. The van der Waals surface area contributed by atoms with Gasteiger partial charge in [-0.25, -0.2) is 0 Å². The van der Waals surface area contributed by atoms with Crippen LogP contribution in [0.1, 0.15) is 72.6 Å². The third-order valence-electron chi connectivity index (χ3n) is 7.61. The highest BCUT2D eigenvalue weighted by atomic mass is 14.7. The number of hydrogen-bond acceptors (Lipinski definition) is 0. The standard InChI is InChI=1S/C20H30/c1-13-8-7-9-16-17(14(13)2)15(3)18-19(16,4)12-20(18)10-5-6-11-20/h9,13-14,18H,5-8,10-12H2,1-4H3. The molecule has 0 aromatic rings. The first kappa shape index (κ1) is 13.2. The molecule has 2 fully saturated rings. The van der Waals surface area contributed by atoms with Gasteiger partial charge in [-0.3, -0.25) is 0 Å². The van der Waals surface area contributed by atoms with Crippen LogP contribution in [-0.2, 0) is 0 Å². The van der Waals surface area contributed by atoms with Crippen LogP contribution in [0.5, 0.6) is 0 Å². The molecule has 0 aromatic heterocycles. The molecule has 0 saturated heterocycles. The summed E-state index contributed by atoms with van der Waals surface area (Å²) in [6, 6.07) is 0. The summed E-state index contributed by atoms with van der Waals surface area (Å²) in [5, 5.41) is 0. The van der Waals surface area contributed by atoms with E-state index < -0.39 is 0 Å². The van der Waals surface area contributed by atoms with E-state index in [9.17, 15) is 0 Å². The molecule has 4 aliphatic rings. The molecule has 4 atom stereocenters. The summed E-state index contributed by atoms with van der Waals surface area (Å²) in [7, 11) is 0. The van der Waals surface area contributed by atoms with E-state index in [4.69, 9.17) is 0 Å². The average molecular weight is 270 g/mol. The van der Waals surface area contributed by atoms with E-state index in [1.165, 1.54) is 44.9 Å². The molecule has 2 saturated carbocycles. The molecule has 4 rings (SSSR count). The zero-order chi connectivity index (χ0) is 14.1. The van der Waals surface area contributed by atoms with Crippen molar-refractivity contribution in [2.75, 3.05) is 0 Å². The van der Waals surface area contributed by atoms with Crippen LogP contribution in [0.4, 0.5) is 0 Å². The smallest absolute Gasteiger partial charge is 0.0000696 e. The van der Waals surface area contributed by atoms with Crippen LogP contribution in [-0.4, -0.2) is 0 Å². The van der Waals surface area contributed by atoms with Gasteiger partial charge in [0.1, 0.15) is 0 Å². The predicted molar refractivity (Wildman–Crippen MR) is 85.5 cm³/mol. The van der Waals surface area contributed by atoms with Crippen molar-refractivity contribution < 1.29 is 0 Å². The van der Waals surface area contributed by atoms with Crippen LogP contribution in [0.2, 0.25) is 0 Å². The highest BCUT2D eigenvalue weighted by Gasteiger charge is 2.66. The van der Waals surface area contributed by atoms with Gasteiger partial charge < -0.3 is 0 Å². The van der Waals surface area contributed by atoms with Gasteiger partial charge in [-0.2, -0.15) is 0 Å².